The van der Waals surface area contributed by atoms with Gasteiger partial charge >= 0.3 is 11.9 Å². The summed E-state index contributed by atoms with van der Waals surface area (Å²) in [4.78, 5) is 24.8. The highest BCUT2D eigenvalue weighted by Gasteiger charge is 2.72. The van der Waals surface area contributed by atoms with E-state index in [4.69, 9.17) is 9.47 Å². The molecule has 1 aromatic carbocycles. The van der Waals surface area contributed by atoms with Gasteiger partial charge in [-0.3, -0.25) is 4.79 Å². The van der Waals surface area contributed by atoms with Crippen molar-refractivity contribution in [2.75, 3.05) is 18.5 Å². The van der Waals surface area contributed by atoms with Crippen LogP contribution in [0.4, 0.5) is 5.69 Å². The number of rotatable bonds is 6. The van der Waals surface area contributed by atoms with Crippen LogP contribution in [0.2, 0.25) is 0 Å². The third-order valence-electron chi connectivity index (χ3n) is 4.95. The first-order valence-electron chi connectivity index (χ1n) is 8.31. The molecule has 1 aromatic rings. The van der Waals surface area contributed by atoms with Crippen molar-refractivity contribution in [3.63, 3.8) is 0 Å². The Kier molecular flexibility index (Phi) is 4.28. The fourth-order valence-corrected chi connectivity index (χ4v) is 4.00. The Morgan fingerprint density at radius 3 is 2.52 bits per heavy atom. The van der Waals surface area contributed by atoms with Gasteiger partial charge in [-0.1, -0.05) is 18.2 Å². The molecule has 1 N–H and O–H groups in total. The normalized spacial score (nSPS) is 31.1. The second-order valence-corrected chi connectivity index (χ2v) is 6.19. The Bertz CT molecular complexity index is 588. The number of carbonyl (C=O) groups excluding carboxylic acids is 2. The number of hydrogen-bond acceptors (Lipinski definition) is 5. The molecule has 5 nitrogen and oxygen atoms in total. The molecule has 0 bridgehead atoms. The average molecular weight is 317 g/mol. The molecule has 23 heavy (non-hydrogen) atoms. The lowest BCUT2D eigenvalue weighted by atomic mass is 9.89. The summed E-state index contributed by atoms with van der Waals surface area (Å²) >= 11 is 0. The van der Waals surface area contributed by atoms with E-state index in [1.807, 2.05) is 30.3 Å². The first-order valence-corrected chi connectivity index (χ1v) is 8.31. The van der Waals surface area contributed by atoms with Crippen molar-refractivity contribution in [1.29, 1.82) is 0 Å². The van der Waals surface area contributed by atoms with E-state index in [0.29, 0.717) is 19.6 Å². The second-order valence-electron chi connectivity index (χ2n) is 6.19. The van der Waals surface area contributed by atoms with Crippen LogP contribution in [0.1, 0.15) is 26.7 Å². The summed E-state index contributed by atoms with van der Waals surface area (Å²) in [6.45, 7) is 4.30. The van der Waals surface area contributed by atoms with Crippen LogP contribution in [0.3, 0.4) is 0 Å². The molecule has 2 saturated carbocycles. The number of anilines is 1. The molecule has 3 rings (SSSR count). The Labute approximate surface area is 136 Å². The first kappa shape index (κ1) is 15.8. The molecule has 0 heterocycles. The molecule has 0 saturated heterocycles. The molecule has 5 heteroatoms. The molecule has 0 spiro atoms. The molecule has 0 aromatic heterocycles. The molecule has 4 unspecified atom stereocenters. The SMILES string of the molecule is CCOC(=O)C1C2CCC(Nc3ccccc3)(C(=O)OCC)C21. The van der Waals surface area contributed by atoms with Gasteiger partial charge in [-0.15, -0.1) is 0 Å². The number of nitrogens with one attached hydrogen (secondary N) is 1. The number of carbonyl (C=O) groups is 2. The summed E-state index contributed by atoms with van der Waals surface area (Å²) in [5, 5.41) is 3.38. The van der Waals surface area contributed by atoms with E-state index in [1.54, 1.807) is 13.8 Å². The minimum Gasteiger partial charge on any atom is -0.466 e. The van der Waals surface area contributed by atoms with Crippen LogP contribution in [0.15, 0.2) is 30.3 Å². The monoisotopic (exact) mass is 317 g/mol. The van der Waals surface area contributed by atoms with E-state index in [1.165, 1.54) is 0 Å². The zero-order chi connectivity index (χ0) is 16.4. The Morgan fingerprint density at radius 2 is 1.87 bits per heavy atom. The topological polar surface area (TPSA) is 64.6 Å². The third-order valence-corrected chi connectivity index (χ3v) is 4.95. The molecule has 0 amide bonds. The highest BCUT2D eigenvalue weighted by atomic mass is 16.5. The van der Waals surface area contributed by atoms with Crippen LogP contribution in [0, 0.1) is 17.8 Å². The number of benzene rings is 1. The molecular formula is C18H23NO4. The van der Waals surface area contributed by atoms with Gasteiger partial charge in [0.2, 0.25) is 0 Å². The van der Waals surface area contributed by atoms with E-state index in [-0.39, 0.29) is 29.7 Å². The average Bonchev–Trinajstić information content (AvgIpc) is 3.17. The number of esters is 2. The smallest absolute Gasteiger partial charge is 0.332 e. The van der Waals surface area contributed by atoms with Crippen LogP contribution in [0.5, 0.6) is 0 Å². The maximum absolute atomic E-state index is 12.7. The molecule has 0 radical (unpaired) electrons. The van der Waals surface area contributed by atoms with Gasteiger partial charge in [0.25, 0.3) is 0 Å². The summed E-state index contributed by atoms with van der Waals surface area (Å²) in [7, 11) is 0. The standard InChI is InChI=1S/C18H23NO4/c1-3-22-16(20)14-13-10-11-18(15(13)14,17(21)23-4-2)19-12-8-6-5-7-9-12/h5-9,13-15,19H,3-4,10-11H2,1-2H3. The number of ether oxygens (including phenoxy) is 2. The Balaban J connectivity index is 1.85. The third kappa shape index (κ3) is 2.69. The van der Waals surface area contributed by atoms with Crippen molar-refractivity contribution in [1.82, 2.24) is 0 Å². The van der Waals surface area contributed by atoms with E-state index in [0.717, 1.165) is 12.1 Å². The molecule has 2 fully saturated rings. The summed E-state index contributed by atoms with van der Waals surface area (Å²) < 4.78 is 10.5. The zero-order valence-corrected chi connectivity index (χ0v) is 13.6. The first-order chi connectivity index (χ1) is 11.1. The lowest BCUT2D eigenvalue weighted by Crippen LogP contribution is -2.49. The summed E-state index contributed by atoms with van der Waals surface area (Å²) in [6.07, 6.45) is 1.53. The van der Waals surface area contributed by atoms with Gasteiger partial charge in [0.05, 0.1) is 19.1 Å². The number of para-hydroxylation sites is 1. The maximum atomic E-state index is 12.7. The minimum absolute atomic E-state index is 0.0409. The van der Waals surface area contributed by atoms with Gasteiger partial charge in [0.15, 0.2) is 0 Å². The molecule has 2 aliphatic rings. The van der Waals surface area contributed by atoms with Crippen LogP contribution >= 0.6 is 0 Å². The van der Waals surface area contributed by atoms with Gasteiger partial charge in [-0.2, -0.15) is 0 Å². The molecule has 0 aliphatic heterocycles. The minimum atomic E-state index is -0.820. The predicted octanol–water partition coefficient (Wildman–Crippen LogP) is 2.62. The van der Waals surface area contributed by atoms with E-state index in [9.17, 15) is 9.59 Å². The molecular weight excluding hydrogens is 294 g/mol. The van der Waals surface area contributed by atoms with Crippen molar-refractivity contribution >= 4 is 17.6 Å². The zero-order valence-electron chi connectivity index (χ0n) is 13.6. The summed E-state index contributed by atoms with van der Waals surface area (Å²) in [6, 6.07) is 9.62. The highest BCUT2D eigenvalue weighted by Crippen LogP contribution is 2.63. The lowest BCUT2D eigenvalue weighted by molar-refractivity contribution is -0.150. The van der Waals surface area contributed by atoms with Crippen LogP contribution in [-0.4, -0.2) is 30.7 Å². The lowest BCUT2D eigenvalue weighted by Gasteiger charge is -2.31. The fraction of sp³-hybridized carbons (Fsp3) is 0.556. The number of fused-ring (bicyclic) bond motifs is 1. The van der Waals surface area contributed by atoms with Crippen molar-refractivity contribution in [2.24, 2.45) is 17.8 Å². The maximum Gasteiger partial charge on any atom is 0.332 e. The van der Waals surface area contributed by atoms with E-state index >= 15 is 0 Å². The molecule has 2 aliphatic carbocycles. The van der Waals surface area contributed by atoms with Gasteiger partial charge in [0.1, 0.15) is 5.54 Å². The highest BCUT2D eigenvalue weighted by molar-refractivity contribution is 5.90. The quantitative estimate of drug-likeness (QED) is 0.817. The van der Waals surface area contributed by atoms with Gasteiger partial charge in [-0.05, 0) is 44.7 Å². The van der Waals surface area contributed by atoms with Crippen molar-refractivity contribution < 1.29 is 19.1 Å². The Hall–Kier alpha value is -2.04. The van der Waals surface area contributed by atoms with Gasteiger partial charge < -0.3 is 14.8 Å². The largest absolute Gasteiger partial charge is 0.466 e. The fourth-order valence-electron chi connectivity index (χ4n) is 4.00. The molecule has 124 valence electrons. The second kappa shape index (κ2) is 6.22. The Morgan fingerprint density at radius 1 is 1.17 bits per heavy atom. The van der Waals surface area contributed by atoms with E-state index in [2.05, 4.69) is 5.32 Å². The van der Waals surface area contributed by atoms with Crippen LogP contribution < -0.4 is 5.32 Å². The van der Waals surface area contributed by atoms with Gasteiger partial charge in [-0.25, -0.2) is 4.79 Å². The van der Waals surface area contributed by atoms with E-state index < -0.39 is 5.54 Å². The predicted molar refractivity (Wildman–Crippen MR) is 85.8 cm³/mol. The molecule has 4 atom stereocenters. The van der Waals surface area contributed by atoms with Crippen molar-refractivity contribution in [3.05, 3.63) is 30.3 Å². The summed E-state index contributed by atoms with van der Waals surface area (Å²) in [5.74, 6) is -0.464. The van der Waals surface area contributed by atoms with Crippen molar-refractivity contribution in [2.45, 2.75) is 32.2 Å². The number of hydrogen-bond donors (Lipinski definition) is 1. The van der Waals surface area contributed by atoms with Crippen LogP contribution in [-0.2, 0) is 19.1 Å². The summed E-state index contributed by atoms with van der Waals surface area (Å²) in [5.41, 5.74) is 0.0510. The van der Waals surface area contributed by atoms with Gasteiger partial charge in [0, 0.05) is 11.6 Å². The van der Waals surface area contributed by atoms with Crippen LogP contribution in [0.25, 0.3) is 0 Å². The van der Waals surface area contributed by atoms with Crippen molar-refractivity contribution in [3.8, 4) is 0 Å².